The molecule has 1 aromatic carbocycles. The van der Waals surface area contributed by atoms with Gasteiger partial charge in [-0.15, -0.1) is 11.3 Å². The first kappa shape index (κ1) is 13.8. The molecular formula is C16H16Br2S. The topological polar surface area (TPSA) is 0 Å². The lowest BCUT2D eigenvalue weighted by Crippen LogP contribution is -2.13. The van der Waals surface area contributed by atoms with Crippen LogP contribution in [0.5, 0.6) is 0 Å². The lowest BCUT2D eigenvalue weighted by atomic mass is 9.81. The van der Waals surface area contributed by atoms with Gasteiger partial charge in [-0.3, -0.25) is 0 Å². The molecule has 0 radical (unpaired) electrons. The molecule has 0 bridgehead atoms. The van der Waals surface area contributed by atoms with Gasteiger partial charge in [0.25, 0.3) is 0 Å². The van der Waals surface area contributed by atoms with E-state index in [1.807, 2.05) is 11.3 Å². The van der Waals surface area contributed by atoms with Gasteiger partial charge in [0.15, 0.2) is 0 Å². The fourth-order valence-electron chi connectivity index (χ4n) is 2.97. The Kier molecular flexibility index (Phi) is 4.16. The number of fused-ring (bicyclic) bond motifs is 1. The fourth-order valence-corrected chi connectivity index (χ4v) is 6.29. The maximum atomic E-state index is 3.96. The number of rotatable bonds is 2. The van der Waals surface area contributed by atoms with Gasteiger partial charge in [0.2, 0.25) is 0 Å². The molecule has 2 aromatic rings. The van der Waals surface area contributed by atoms with Crippen molar-refractivity contribution in [3.63, 3.8) is 0 Å². The third-order valence-corrected chi connectivity index (χ3v) is 7.31. The summed E-state index contributed by atoms with van der Waals surface area (Å²) in [5, 5.41) is 0. The van der Waals surface area contributed by atoms with Gasteiger partial charge in [0, 0.05) is 20.1 Å². The van der Waals surface area contributed by atoms with Crippen LogP contribution in [-0.4, -0.2) is 0 Å². The van der Waals surface area contributed by atoms with E-state index in [9.17, 15) is 0 Å². The monoisotopic (exact) mass is 398 g/mol. The van der Waals surface area contributed by atoms with Crippen molar-refractivity contribution >= 4 is 43.2 Å². The summed E-state index contributed by atoms with van der Waals surface area (Å²) in [6.45, 7) is 2.17. The zero-order valence-electron chi connectivity index (χ0n) is 10.8. The Labute approximate surface area is 135 Å². The number of halogens is 2. The molecule has 0 saturated carbocycles. The Morgan fingerprint density at radius 1 is 1.32 bits per heavy atom. The molecule has 2 unspecified atom stereocenters. The van der Waals surface area contributed by atoms with E-state index in [2.05, 4.69) is 69.1 Å². The number of alkyl halides is 1. The fraction of sp³-hybridized carbons (Fsp3) is 0.375. The molecule has 0 N–H and O–H groups in total. The van der Waals surface area contributed by atoms with Gasteiger partial charge in [0.05, 0.1) is 4.83 Å². The minimum atomic E-state index is 0.419. The summed E-state index contributed by atoms with van der Waals surface area (Å²) in [6, 6.07) is 11.2. The highest BCUT2D eigenvalue weighted by Crippen LogP contribution is 2.48. The first-order valence-corrected chi connectivity index (χ1v) is 9.17. The van der Waals surface area contributed by atoms with Crippen LogP contribution in [0.15, 0.2) is 34.8 Å². The summed E-state index contributed by atoms with van der Waals surface area (Å²) in [6.07, 6.45) is 3.80. The summed E-state index contributed by atoms with van der Waals surface area (Å²) >= 11 is 9.56. The number of aryl methyl sites for hydroxylation is 2. The Hall–Kier alpha value is -0.120. The average Bonchev–Trinajstić information content (AvgIpc) is 2.76. The average molecular weight is 400 g/mol. The number of hydrogen-bond donors (Lipinski definition) is 0. The van der Waals surface area contributed by atoms with Crippen molar-refractivity contribution in [2.24, 2.45) is 0 Å². The molecule has 100 valence electrons. The molecule has 0 aliphatic heterocycles. The van der Waals surface area contributed by atoms with Crippen LogP contribution in [0.25, 0.3) is 0 Å². The van der Waals surface area contributed by atoms with E-state index >= 15 is 0 Å². The van der Waals surface area contributed by atoms with Gasteiger partial charge in [-0.25, -0.2) is 0 Å². The predicted molar refractivity (Wildman–Crippen MR) is 90.5 cm³/mol. The van der Waals surface area contributed by atoms with Gasteiger partial charge in [-0.1, -0.05) is 40.2 Å². The molecule has 0 nitrogen and oxygen atoms in total. The van der Waals surface area contributed by atoms with Crippen LogP contribution >= 0.6 is 43.2 Å². The normalized spacial score (nSPS) is 20.1. The summed E-state index contributed by atoms with van der Waals surface area (Å²) in [5.41, 5.74) is 3.07. The zero-order chi connectivity index (χ0) is 13.4. The maximum Gasteiger partial charge on any atom is 0.0569 e. The van der Waals surface area contributed by atoms with E-state index in [0.29, 0.717) is 10.7 Å². The lowest BCUT2D eigenvalue weighted by molar-refractivity contribution is 0.550. The quantitative estimate of drug-likeness (QED) is 0.514. The molecule has 1 aromatic heterocycles. The van der Waals surface area contributed by atoms with Crippen molar-refractivity contribution in [2.45, 2.75) is 36.9 Å². The first-order valence-electron chi connectivity index (χ1n) is 6.64. The molecule has 2 atom stereocenters. The largest absolute Gasteiger partial charge is 0.143 e. The standard InChI is InChI=1S/C16H16Br2S/c1-10-9-14(17)16(19-10)15(18)13-8-4-6-11-5-2-3-7-12(11)13/h2-3,5,7,9,13,15H,4,6,8H2,1H3. The van der Waals surface area contributed by atoms with E-state index in [-0.39, 0.29) is 0 Å². The van der Waals surface area contributed by atoms with Crippen molar-refractivity contribution in [3.8, 4) is 0 Å². The van der Waals surface area contributed by atoms with Crippen LogP contribution in [0.2, 0.25) is 0 Å². The highest BCUT2D eigenvalue weighted by Gasteiger charge is 2.29. The van der Waals surface area contributed by atoms with Gasteiger partial charge in [-0.05, 0) is 59.3 Å². The minimum absolute atomic E-state index is 0.419. The predicted octanol–water partition coefficient (Wildman–Crippen LogP) is 6.38. The van der Waals surface area contributed by atoms with Crippen LogP contribution in [0.4, 0.5) is 0 Å². The maximum absolute atomic E-state index is 3.96. The number of hydrogen-bond acceptors (Lipinski definition) is 1. The molecule has 0 saturated heterocycles. The van der Waals surface area contributed by atoms with Crippen molar-refractivity contribution in [1.82, 2.24) is 0 Å². The van der Waals surface area contributed by atoms with Gasteiger partial charge >= 0.3 is 0 Å². The third-order valence-electron chi connectivity index (χ3n) is 3.86. The summed E-state index contributed by atoms with van der Waals surface area (Å²) in [4.78, 5) is 3.22. The van der Waals surface area contributed by atoms with Crippen LogP contribution in [0, 0.1) is 6.92 Å². The zero-order valence-corrected chi connectivity index (χ0v) is 14.8. The molecule has 1 heterocycles. The van der Waals surface area contributed by atoms with Crippen LogP contribution in [-0.2, 0) is 6.42 Å². The van der Waals surface area contributed by atoms with E-state index in [0.717, 1.165) is 0 Å². The van der Waals surface area contributed by atoms with Gasteiger partial charge < -0.3 is 0 Å². The first-order chi connectivity index (χ1) is 9.16. The van der Waals surface area contributed by atoms with Crippen molar-refractivity contribution in [2.75, 3.05) is 0 Å². The Morgan fingerprint density at radius 2 is 2.11 bits per heavy atom. The van der Waals surface area contributed by atoms with Gasteiger partial charge in [-0.2, -0.15) is 0 Å². The summed E-state index contributed by atoms with van der Waals surface area (Å²) in [5.74, 6) is 0.597. The minimum Gasteiger partial charge on any atom is -0.143 e. The SMILES string of the molecule is Cc1cc(Br)c(C(Br)C2CCCc3ccccc32)s1. The molecule has 0 spiro atoms. The molecule has 0 amide bonds. The smallest absolute Gasteiger partial charge is 0.0569 e. The lowest BCUT2D eigenvalue weighted by Gasteiger charge is -2.29. The molecule has 0 fully saturated rings. The van der Waals surface area contributed by atoms with E-state index in [4.69, 9.17) is 0 Å². The Bertz CT molecular complexity index is 588. The highest BCUT2D eigenvalue weighted by atomic mass is 79.9. The van der Waals surface area contributed by atoms with Gasteiger partial charge in [0.1, 0.15) is 0 Å². The number of thiophene rings is 1. The highest BCUT2D eigenvalue weighted by molar-refractivity contribution is 9.11. The summed E-state index contributed by atoms with van der Waals surface area (Å²) < 4.78 is 1.25. The van der Waals surface area contributed by atoms with Crippen molar-refractivity contribution < 1.29 is 0 Å². The molecular weight excluding hydrogens is 384 g/mol. The second kappa shape index (κ2) is 5.71. The van der Waals surface area contributed by atoms with Crippen molar-refractivity contribution in [1.29, 1.82) is 0 Å². The second-order valence-corrected chi connectivity index (χ2v) is 8.30. The van der Waals surface area contributed by atoms with Crippen LogP contribution in [0.1, 0.15) is 44.5 Å². The summed E-state index contributed by atoms with van der Waals surface area (Å²) in [7, 11) is 0. The van der Waals surface area contributed by atoms with Crippen molar-refractivity contribution in [3.05, 3.63) is 55.7 Å². The second-order valence-electron chi connectivity index (χ2n) is 5.17. The van der Waals surface area contributed by atoms with E-state index < -0.39 is 0 Å². The number of benzene rings is 1. The molecule has 19 heavy (non-hydrogen) atoms. The van der Waals surface area contributed by atoms with E-state index in [1.165, 1.54) is 44.6 Å². The van der Waals surface area contributed by atoms with Crippen LogP contribution < -0.4 is 0 Å². The Balaban J connectivity index is 1.97. The molecule has 1 aliphatic rings. The third kappa shape index (κ3) is 2.70. The molecule has 1 aliphatic carbocycles. The van der Waals surface area contributed by atoms with E-state index in [1.54, 1.807) is 0 Å². The van der Waals surface area contributed by atoms with Crippen LogP contribution in [0.3, 0.4) is 0 Å². The molecule has 3 heteroatoms. The molecule has 3 rings (SSSR count). The Morgan fingerprint density at radius 3 is 2.84 bits per heavy atom.